The van der Waals surface area contributed by atoms with Gasteiger partial charge in [-0.2, -0.15) is 0 Å². The molecular formula is C18H20N2O3. The van der Waals surface area contributed by atoms with Crippen molar-refractivity contribution in [1.29, 1.82) is 0 Å². The van der Waals surface area contributed by atoms with Gasteiger partial charge in [0.25, 0.3) is 5.91 Å². The number of nitrogens with one attached hydrogen (secondary N) is 1. The van der Waals surface area contributed by atoms with E-state index in [-0.39, 0.29) is 5.91 Å². The van der Waals surface area contributed by atoms with Crippen molar-refractivity contribution >= 4 is 17.3 Å². The predicted octanol–water partition coefficient (Wildman–Crippen LogP) is 3.11. The maximum atomic E-state index is 12.4. The molecule has 0 saturated carbocycles. The zero-order chi connectivity index (χ0) is 16.4. The number of nitrogens with zero attached hydrogens (tertiary/aromatic N) is 1. The van der Waals surface area contributed by atoms with Crippen LogP contribution in [-0.4, -0.2) is 19.0 Å². The highest BCUT2D eigenvalue weighted by atomic mass is 16.4. The standard InChI is InChI=1S/C18H20N2O3/c1-12-11-16(21)23-13(2)17(12)18(22)19-14-5-7-15(8-6-14)20-9-3-4-10-20/h5-8,11H,3-4,9-10H2,1-2H3,(H,19,22). The summed E-state index contributed by atoms with van der Waals surface area (Å²) in [6, 6.07) is 9.17. The minimum absolute atomic E-state index is 0.266. The van der Waals surface area contributed by atoms with Gasteiger partial charge in [0.05, 0.1) is 5.56 Å². The Hall–Kier alpha value is -2.56. The molecule has 1 aliphatic rings. The second-order valence-corrected chi connectivity index (χ2v) is 5.87. The Bertz CT molecular complexity index is 746. The number of anilines is 2. The second-order valence-electron chi connectivity index (χ2n) is 5.87. The first-order valence-electron chi connectivity index (χ1n) is 7.82. The summed E-state index contributed by atoms with van der Waals surface area (Å²) in [5.74, 6) is 0.0684. The van der Waals surface area contributed by atoms with Gasteiger partial charge in [-0.15, -0.1) is 0 Å². The SMILES string of the molecule is Cc1cc(=O)oc(C)c1C(=O)Nc1ccc(N2CCCC2)cc1. The van der Waals surface area contributed by atoms with Crippen molar-refractivity contribution in [2.75, 3.05) is 23.3 Å². The van der Waals surface area contributed by atoms with Gasteiger partial charge < -0.3 is 14.6 Å². The molecule has 2 heterocycles. The minimum atomic E-state index is -0.438. The molecule has 120 valence electrons. The Morgan fingerprint density at radius 2 is 1.78 bits per heavy atom. The van der Waals surface area contributed by atoms with Gasteiger partial charge in [-0.25, -0.2) is 4.79 Å². The summed E-state index contributed by atoms with van der Waals surface area (Å²) in [5.41, 5.74) is 2.49. The lowest BCUT2D eigenvalue weighted by molar-refractivity contribution is 0.102. The molecule has 1 N–H and O–H groups in total. The van der Waals surface area contributed by atoms with E-state index < -0.39 is 5.63 Å². The van der Waals surface area contributed by atoms with Gasteiger partial charge in [0.2, 0.25) is 0 Å². The maximum Gasteiger partial charge on any atom is 0.336 e. The zero-order valence-electron chi connectivity index (χ0n) is 13.4. The fraction of sp³-hybridized carbons (Fsp3) is 0.333. The van der Waals surface area contributed by atoms with E-state index in [0.717, 1.165) is 18.8 Å². The van der Waals surface area contributed by atoms with Crippen molar-refractivity contribution in [3.8, 4) is 0 Å². The first-order valence-corrected chi connectivity index (χ1v) is 7.82. The Morgan fingerprint density at radius 1 is 1.13 bits per heavy atom. The van der Waals surface area contributed by atoms with Crippen molar-refractivity contribution in [3.63, 3.8) is 0 Å². The second kappa shape index (κ2) is 6.28. The maximum absolute atomic E-state index is 12.4. The molecule has 0 atom stereocenters. The highest BCUT2D eigenvalue weighted by Crippen LogP contribution is 2.22. The smallest absolute Gasteiger partial charge is 0.336 e. The number of amides is 1. The number of hydrogen-bond donors (Lipinski definition) is 1. The van der Waals surface area contributed by atoms with Gasteiger partial charge in [-0.3, -0.25) is 4.79 Å². The molecule has 1 amide bonds. The normalized spacial score (nSPS) is 14.1. The van der Waals surface area contributed by atoms with Gasteiger partial charge >= 0.3 is 5.63 Å². The summed E-state index contributed by atoms with van der Waals surface area (Å²) in [7, 11) is 0. The van der Waals surface area contributed by atoms with Crippen LogP contribution in [0.5, 0.6) is 0 Å². The van der Waals surface area contributed by atoms with Gasteiger partial charge in [-0.05, 0) is 56.5 Å². The van der Waals surface area contributed by atoms with Crippen LogP contribution < -0.4 is 15.8 Å². The van der Waals surface area contributed by atoms with E-state index >= 15 is 0 Å². The van der Waals surface area contributed by atoms with E-state index in [9.17, 15) is 9.59 Å². The number of carbonyl (C=O) groups is 1. The fourth-order valence-electron chi connectivity index (χ4n) is 3.02. The number of carbonyl (C=O) groups excluding carboxylic acids is 1. The van der Waals surface area contributed by atoms with Crippen LogP contribution in [-0.2, 0) is 0 Å². The van der Waals surface area contributed by atoms with Crippen molar-refractivity contribution in [3.05, 3.63) is 57.6 Å². The molecule has 5 heteroatoms. The van der Waals surface area contributed by atoms with Crippen LogP contribution in [0.3, 0.4) is 0 Å². The summed E-state index contributed by atoms with van der Waals surface area (Å²) < 4.78 is 5.01. The Balaban J connectivity index is 1.76. The van der Waals surface area contributed by atoms with Crippen molar-refractivity contribution < 1.29 is 9.21 Å². The average molecular weight is 312 g/mol. The van der Waals surface area contributed by atoms with Crippen molar-refractivity contribution in [2.24, 2.45) is 0 Å². The Kier molecular flexibility index (Phi) is 4.19. The number of aryl methyl sites for hydroxylation is 2. The summed E-state index contributed by atoms with van der Waals surface area (Å²) >= 11 is 0. The third kappa shape index (κ3) is 3.28. The van der Waals surface area contributed by atoms with Gasteiger partial charge in [-0.1, -0.05) is 0 Å². The molecule has 0 unspecified atom stereocenters. The quantitative estimate of drug-likeness (QED) is 0.946. The fourth-order valence-corrected chi connectivity index (χ4v) is 3.02. The molecule has 1 fully saturated rings. The topological polar surface area (TPSA) is 62.6 Å². The first kappa shape index (κ1) is 15.3. The monoisotopic (exact) mass is 312 g/mol. The van der Waals surface area contributed by atoms with E-state index in [1.807, 2.05) is 24.3 Å². The molecule has 1 aromatic heterocycles. The molecular weight excluding hydrogens is 292 g/mol. The molecule has 1 aliphatic heterocycles. The lowest BCUT2D eigenvalue weighted by atomic mass is 10.1. The van der Waals surface area contributed by atoms with E-state index in [0.29, 0.717) is 16.9 Å². The van der Waals surface area contributed by atoms with E-state index in [1.54, 1.807) is 13.8 Å². The molecule has 0 aliphatic carbocycles. The van der Waals surface area contributed by atoms with Crippen LogP contribution in [0.1, 0.15) is 34.5 Å². The Labute approximate surface area is 134 Å². The predicted molar refractivity (Wildman–Crippen MR) is 90.3 cm³/mol. The van der Waals surface area contributed by atoms with Gasteiger partial charge in [0.15, 0.2) is 0 Å². The molecule has 1 saturated heterocycles. The van der Waals surface area contributed by atoms with E-state index in [2.05, 4.69) is 10.2 Å². The van der Waals surface area contributed by atoms with E-state index in [4.69, 9.17) is 4.42 Å². The minimum Gasteiger partial charge on any atom is -0.427 e. The lowest BCUT2D eigenvalue weighted by Crippen LogP contribution is -2.18. The first-order chi connectivity index (χ1) is 11.0. The molecule has 0 radical (unpaired) electrons. The van der Waals surface area contributed by atoms with Gasteiger partial charge in [0, 0.05) is 30.5 Å². The van der Waals surface area contributed by atoms with Crippen molar-refractivity contribution in [1.82, 2.24) is 0 Å². The largest absolute Gasteiger partial charge is 0.427 e. The molecule has 23 heavy (non-hydrogen) atoms. The molecule has 2 aromatic rings. The van der Waals surface area contributed by atoms with Crippen LogP contribution in [0.25, 0.3) is 0 Å². The average Bonchev–Trinajstić information content (AvgIpc) is 3.01. The van der Waals surface area contributed by atoms with Crippen LogP contribution in [0.4, 0.5) is 11.4 Å². The molecule has 1 aromatic carbocycles. The summed E-state index contributed by atoms with van der Waals surface area (Å²) in [5, 5.41) is 2.86. The summed E-state index contributed by atoms with van der Waals surface area (Å²) in [6.45, 7) is 5.54. The molecule has 5 nitrogen and oxygen atoms in total. The third-order valence-corrected chi connectivity index (χ3v) is 4.16. The van der Waals surface area contributed by atoms with Crippen LogP contribution >= 0.6 is 0 Å². The third-order valence-electron chi connectivity index (χ3n) is 4.16. The highest BCUT2D eigenvalue weighted by Gasteiger charge is 2.16. The van der Waals surface area contributed by atoms with Crippen LogP contribution in [0.15, 0.2) is 39.5 Å². The van der Waals surface area contributed by atoms with E-state index in [1.165, 1.54) is 24.6 Å². The number of benzene rings is 1. The Morgan fingerprint density at radius 3 is 2.39 bits per heavy atom. The number of rotatable bonds is 3. The van der Waals surface area contributed by atoms with Crippen LogP contribution in [0.2, 0.25) is 0 Å². The zero-order valence-corrected chi connectivity index (χ0v) is 13.4. The highest BCUT2D eigenvalue weighted by molar-refractivity contribution is 6.05. The lowest BCUT2D eigenvalue weighted by Gasteiger charge is -2.18. The molecule has 0 bridgehead atoms. The number of hydrogen-bond acceptors (Lipinski definition) is 4. The summed E-state index contributed by atoms with van der Waals surface area (Å²) in [4.78, 5) is 26.1. The van der Waals surface area contributed by atoms with Crippen molar-refractivity contribution in [2.45, 2.75) is 26.7 Å². The molecule has 3 rings (SSSR count). The molecule has 0 spiro atoms. The van der Waals surface area contributed by atoms with Crippen LogP contribution in [0, 0.1) is 13.8 Å². The summed E-state index contributed by atoms with van der Waals surface area (Å²) in [6.07, 6.45) is 2.46. The van der Waals surface area contributed by atoms with Gasteiger partial charge in [0.1, 0.15) is 5.76 Å².